The molecule has 16 heavy (non-hydrogen) atoms. The number of hydrogen-bond acceptors (Lipinski definition) is 4. The summed E-state index contributed by atoms with van der Waals surface area (Å²) in [4.78, 5) is 0. The Kier molecular flexibility index (Phi) is 6.69. The minimum Gasteiger partial charge on any atom is -1.00 e. The van der Waals surface area contributed by atoms with Crippen LogP contribution in [0.2, 0.25) is 0 Å². The van der Waals surface area contributed by atoms with Gasteiger partial charge in [0.1, 0.15) is 0 Å². The molecule has 1 aromatic carbocycles. The smallest absolute Gasteiger partial charge is 0.203 e. The van der Waals surface area contributed by atoms with Gasteiger partial charge in [0, 0.05) is 0 Å². The van der Waals surface area contributed by atoms with Crippen molar-refractivity contribution in [2.45, 2.75) is 6.42 Å². The molecule has 0 heterocycles. The van der Waals surface area contributed by atoms with Gasteiger partial charge in [-0.3, -0.25) is 0 Å². The number of ether oxygens (including phenoxy) is 3. The molecule has 0 aliphatic rings. The molecule has 0 aliphatic heterocycles. The van der Waals surface area contributed by atoms with Crippen LogP contribution in [0.4, 0.5) is 0 Å². The topological polar surface area (TPSA) is 53.7 Å². The van der Waals surface area contributed by atoms with Gasteiger partial charge < -0.3 is 32.4 Å². The highest BCUT2D eigenvalue weighted by Gasteiger charge is 2.12. The van der Waals surface area contributed by atoms with Gasteiger partial charge >= 0.3 is 0 Å². The van der Waals surface area contributed by atoms with Crippen molar-refractivity contribution in [1.29, 1.82) is 0 Å². The normalized spacial score (nSPS) is 9.25. The summed E-state index contributed by atoms with van der Waals surface area (Å²) in [5, 5.41) is 0. The zero-order valence-electron chi connectivity index (χ0n) is 9.75. The van der Waals surface area contributed by atoms with Crippen molar-refractivity contribution in [2.24, 2.45) is 5.73 Å². The minimum atomic E-state index is 0. The molecule has 0 atom stereocenters. The van der Waals surface area contributed by atoms with Crippen molar-refractivity contribution in [3.05, 3.63) is 17.7 Å². The highest BCUT2D eigenvalue weighted by Crippen LogP contribution is 2.38. The van der Waals surface area contributed by atoms with Gasteiger partial charge in [0.25, 0.3) is 0 Å². The zero-order valence-corrected chi connectivity index (χ0v) is 10.5. The first-order chi connectivity index (χ1) is 7.26. The van der Waals surface area contributed by atoms with Crippen molar-refractivity contribution in [3.8, 4) is 17.2 Å². The molecule has 0 unspecified atom stereocenters. The third-order valence-corrected chi connectivity index (χ3v) is 2.16. The van der Waals surface area contributed by atoms with E-state index >= 15 is 0 Å². The molecule has 5 heteroatoms. The molecule has 0 fully saturated rings. The quantitative estimate of drug-likeness (QED) is 0.668. The van der Waals surface area contributed by atoms with Crippen LogP contribution in [0.3, 0.4) is 0 Å². The lowest BCUT2D eigenvalue weighted by atomic mass is 10.1. The maximum absolute atomic E-state index is 5.50. The maximum Gasteiger partial charge on any atom is 0.203 e. The second-order valence-corrected chi connectivity index (χ2v) is 3.07. The summed E-state index contributed by atoms with van der Waals surface area (Å²) in [6, 6.07) is 3.82. The van der Waals surface area contributed by atoms with Crippen LogP contribution >= 0.6 is 0 Å². The van der Waals surface area contributed by atoms with Crippen LogP contribution < -0.4 is 32.4 Å². The third-order valence-electron chi connectivity index (χ3n) is 2.16. The number of hydrogen-bond donors (Lipinski definition) is 1. The van der Waals surface area contributed by atoms with Crippen LogP contribution in [0, 0.1) is 0 Å². The van der Waals surface area contributed by atoms with Gasteiger partial charge in [-0.25, -0.2) is 0 Å². The first-order valence-electron chi connectivity index (χ1n) is 4.75. The number of halogens is 1. The van der Waals surface area contributed by atoms with E-state index in [4.69, 9.17) is 19.9 Å². The van der Waals surface area contributed by atoms with Gasteiger partial charge in [-0.15, -0.1) is 0 Å². The summed E-state index contributed by atoms with van der Waals surface area (Å²) in [6.45, 7) is 0.596. The van der Waals surface area contributed by atoms with Crippen molar-refractivity contribution in [2.75, 3.05) is 27.9 Å². The molecule has 1 rings (SSSR count). The lowest BCUT2D eigenvalue weighted by Crippen LogP contribution is -3.00. The second-order valence-electron chi connectivity index (χ2n) is 3.07. The molecule has 0 spiro atoms. The van der Waals surface area contributed by atoms with Crippen LogP contribution in [-0.2, 0) is 6.42 Å². The highest BCUT2D eigenvalue weighted by molar-refractivity contribution is 5.53. The molecule has 0 bridgehead atoms. The summed E-state index contributed by atoms with van der Waals surface area (Å²) in [5.74, 6) is 1.95. The maximum atomic E-state index is 5.50. The molecule has 92 valence electrons. The predicted molar refractivity (Wildman–Crippen MR) is 58.9 cm³/mol. The van der Waals surface area contributed by atoms with Crippen molar-refractivity contribution < 1.29 is 26.6 Å². The van der Waals surface area contributed by atoms with Gasteiger partial charge in [0.05, 0.1) is 21.3 Å². The summed E-state index contributed by atoms with van der Waals surface area (Å²) >= 11 is 0. The minimum absolute atomic E-state index is 0. The average molecular weight is 247 g/mol. The molecule has 0 saturated heterocycles. The molecule has 0 saturated carbocycles. The van der Waals surface area contributed by atoms with E-state index in [-0.39, 0.29) is 12.4 Å². The molecule has 4 nitrogen and oxygen atoms in total. The van der Waals surface area contributed by atoms with E-state index in [0.29, 0.717) is 23.8 Å². The fraction of sp³-hybridized carbons (Fsp3) is 0.455. The lowest BCUT2D eigenvalue weighted by Gasteiger charge is -2.13. The molecule has 1 aromatic rings. The molecule has 0 radical (unpaired) electrons. The van der Waals surface area contributed by atoms with E-state index in [1.807, 2.05) is 12.1 Å². The van der Waals surface area contributed by atoms with Gasteiger partial charge in [0.2, 0.25) is 5.75 Å². The predicted octanol–water partition coefficient (Wildman–Crippen LogP) is -1.78. The number of benzene rings is 1. The van der Waals surface area contributed by atoms with Crippen molar-refractivity contribution >= 4 is 0 Å². The molecule has 0 aliphatic carbocycles. The standard InChI is InChI=1S/C11H17NO3.ClH/c1-13-9-6-8(4-5-12)7-10(14-2)11(9)15-3;/h6-7H,4-5,12H2,1-3H3;1H/p-1. The van der Waals surface area contributed by atoms with Crippen LogP contribution in [0.5, 0.6) is 17.2 Å². The largest absolute Gasteiger partial charge is 1.00 e. The monoisotopic (exact) mass is 246 g/mol. The second kappa shape index (κ2) is 7.19. The first kappa shape index (κ1) is 14.9. The Morgan fingerprint density at radius 1 is 1.00 bits per heavy atom. The van der Waals surface area contributed by atoms with E-state index in [1.54, 1.807) is 21.3 Å². The van der Waals surface area contributed by atoms with E-state index in [1.165, 1.54) is 0 Å². The first-order valence-corrected chi connectivity index (χ1v) is 4.75. The zero-order chi connectivity index (χ0) is 11.3. The van der Waals surface area contributed by atoms with Crippen LogP contribution in [-0.4, -0.2) is 27.9 Å². The third kappa shape index (κ3) is 3.18. The molecular formula is C11H17ClNO3-. The Morgan fingerprint density at radius 3 is 1.81 bits per heavy atom. The number of methoxy groups -OCH3 is 3. The summed E-state index contributed by atoms with van der Waals surface area (Å²) < 4.78 is 15.6. The van der Waals surface area contributed by atoms with E-state index in [2.05, 4.69) is 0 Å². The van der Waals surface area contributed by atoms with Crippen LogP contribution in [0.25, 0.3) is 0 Å². The van der Waals surface area contributed by atoms with Gasteiger partial charge in [-0.05, 0) is 30.7 Å². The summed E-state index contributed by atoms with van der Waals surface area (Å²) in [5.41, 5.74) is 6.58. The highest BCUT2D eigenvalue weighted by atomic mass is 35.5. The molecule has 2 N–H and O–H groups in total. The van der Waals surface area contributed by atoms with E-state index in [0.717, 1.165) is 12.0 Å². The van der Waals surface area contributed by atoms with E-state index in [9.17, 15) is 0 Å². The number of nitrogens with two attached hydrogens (primary N) is 1. The molecule has 0 amide bonds. The molecular weight excluding hydrogens is 230 g/mol. The summed E-state index contributed by atoms with van der Waals surface area (Å²) in [7, 11) is 4.79. The Bertz CT molecular complexity index is 306. The van der Waals surface area contributed by atoms with Gasteiger partial charge in [-0.2, -0.15) is 0 Å². The van der Waals surface area contributed by atoms with Crippen molar-refractivity contribution in [3.63, 3.8) is 0 Å². The summed E-state index contributed by atoms with van der Waals surface area (Å²) in [6.07, 6.45) is 0.788. The van der Waals surface area contributed by atoms with Crippen LogP contribution in [0.15, 0.2) is 12.1 Å². The van der Waals surface area contributed by atoms with Crippen LogP contribution in [0.1, 0.15) is 5.56 Å². The Hall–Kier alpha value is -1.13. The molecule has 0 aromatic heterocycles. The van der Waals surface area contributed by atoms with Gasteiger partial charge in [-0.1, -0.05) is 0 Å². The Morgan fingerprint density at radius 2 is 1.50 bits per heavy atom. The van der Waals surface area contributed by atoms with Crippen molar-refractivity contribution in [1.82, 2.24) is 0 Å². The number of rotatable bonds is 5. The fourth-order valence-corrected chi connectivity index (χ4v) is 1.45. The fourth-order valence-electron chi connectivity index (χ4n) is 1.45. The average Bonchev–Trinajstić information content (AvgIpc) is 2.28. The van der Waals surface area contributed by atoms with Gasteiger partial charge in [0.15, 0.2) is 11.5 Å². The lowest BCUT2D eigenvalue weighted by molar-refractivity contribution is -0.00000405. The SMILES string of the molecule is COc1cc(CCN)cc(OC)c1OC.[Cl-]. The Labute approximate surface area is 102 Å². The van der Waals surface area contributed by atoms with E-state index < -0.39 is 0 Å². The Balaban J connectivity index is 0.00000225.